The Labute approximate surface area is 103 Å². The van der Waals surface area contributed by atoms with Crippen LogP contribution in [0.4, 0.5) is 0 Å². The summed E-state index contributed by atoms with van der Waals surface area (Å²) < 4.78 is 5.63. The van der Waals surface area contributed by atoms with Crippen LogP contribution < -0.4 is 4.74 Å². The molecule has 1 rings (SSSR count). The summed E-state index contributed by atoms with van der Waals surface area (Å²) in [6.07, 6.45) is 3.82. The Morgan fingerprint density at radius 3 is 2.65 bits per heavy atom. The molecule has 0 N–H and O–H groups in total. The fourth-order valence-corrected chi connectivity index (χ4v) is 1.55. The van der Waals surface area contributed by atoms with Crippen LogP contribution >= 0.6 is 0 Å². The van der Waals surface area contributed by atoms with E-state index in [-0.39, 0.29) is 6.10 Å². The third-order valence-corrected chi connectivity index (χ3v) is 2.33. The van der Waals surface area contributed by atoms with Crippen molar-refractivity contribution >= 4 is 5.57 Å². The lowest BCUT2D eigenvalue weighted by Gasteiger charge is -2.13. The highest BCUT2D eigenvalue weighted by atomic mass is 16.5. The summed E-state index contributed by atoms with van der Waals surface area (Å²) in [5, 5.41) is 9.01. The molecular formula is C15H17NO. The Balaban J connectivity index is 3.22. The normalized spacial score (nSPS) is 11.1. The van der Waals surface area contributed by atoms with Gasteiger partial charge in [-0.3, -0.25) is 0 Å². The van der Waals surface area contributed by atoms with Crippen molar-refractivity contribution in [1.29, 1.82) is 5.26 Å². The number of hydrogen-bond donors (Lipinski definition) is 0. The second-order valence-electron chi connectivity index (χ2n) is 3.94. The zero-order valence-electron chi connectivity index (χ0n) is 10.5. The number of nitrogens with zero attached hydrogens (tertiary/aromatic N) is 1. The SMILES string of the molecule is C=C/C(=C\C)c1ccc(C#N)c(OC(C)C)c1. The van der Waals surface area contributed by atoms with Crippen LogP contribution in [0.5, 0.6) is 5.75 Å². The molecule has 0 heterocycles. The molecule has 2 heteroatoms. The van der Waals surface area contributed by atoms with Gasteiger partial charge in [-0.25, -0.2) is 0 Å². The van der Waals surface area contributed by atoms with E-state index >= 15 is 0 Å². The molecule has 0 saturated carbocycles. The quantitative estimate of drug-likeness (QED) is 0.730. The van der Waals surface area contributed by atoms with E-state index in [2.05, 4.69) is 12.6 Å². The Morgan fingerprint density at radius 1 is 1.47 bits per heavy atom. The van der Waals surface area contributed by atoms with Gasteiger partial charge in [0.1, 0.15) is 11.8 Å². The highest BCUT2D eigenvalue weighted by Crippen LogP contribution is 2.25. The predicted octanol–water partition coefficient (Wildman–Crippen LogP) is 3.93. The second kappa shape index (κ2) is 5.91. The predicted molar refractivity (Wildman–Crippen MR) is 70.8 cm³/mol. The molecule has 1 aromatic carbocycles. The molecule has 0 aliphatic heterocycles. The van der Waals surface area contributed by atoms with Gasteiger partial charge in [-0.05, 0) is 44.0 Å². The number of benzene rings is 1. The summed E-state index contributed by atoms with van der Waals surface area (Å²) in [4.78, 5) is 0. The largest absolute Gasteiger partial charge is 0.490 e. The summed E-state index contributed by atoms with van der Waals surface area (Å²) in [5.41, 5.74) is 2.60. The molecule has 0 bridgehead atoms. The third kappa shape index (κ3) is 3.22. The minimum atomic E-state index is 0.0511. The molecule has 0 fully saturated rings. The second-order valence-corrected chi connectivity index (χ2v) is 3.94. The van der Waals surface area contributed by atoms with Crippen LogP contribution in [0.25, 0.3) is 5.57 Å². The van der Waals surface area contributed by atoms with E-state index in [1.165, 1.54) is 0 Å². The van der Waals surface area contributed by atoms with E-state index in [0.29, 0.717) is 11.3 Å². The zero-order chi connectivity index (χ0) is 12.8. The van der Waals surface area contributed by atoms with Gasteiger partial charge in [0, 0.05) is 0 Å². The molecule has 17 heavy (non-hydrogen) atoms. The highest BCUT2D eigenvalue weighted by Gasteiger charge is 2.07. The number of allylic oxidation sites excluding steroid dienone is 3. The molecule has 0 spiro atoms. The molecule has 0 radical (unpaired) electrons. The van der Waals surface area contributed by atoms with Gasteiger partial charge in [-0.2, -0.15) is 5.26 Å². The average Bonchev–Trinajstić information content (AvgIpc) is 2.30. The van der Waals surface area contributed by atoms with Gasteiger partial charge >= 0.3 is 0 Å². The van der Waals surface area contributed by atoms with Crippen LogP contribution in [-0.4, -0.2) is 6.10 Å². The van der Waals surface area contributed by atoms with Gasteiger partial charge in [0.2, 0.25) is 0 Å². The molecule has 0 amide bonds. The lowest BCUT2D eigenvalue weighted by Crippen LogP contribution is -2.07. The smallest absolute Gasteiger partial charge is 0.138 e. The van der Waals surface area contributed by atoms with Crippen molar-refractivity contribution in [2.75, 3.05) is 0 Å². The number of ether oxygens (including phenoxy) is 1. The molecule has 0 unspecified atom stereocenters. The first kappa shape index (κ1) is 13.1. The first-order valence-corrected chi connectivity index (χ1v) is 5.62. The van der Waals surface area contributed by atoms with Crippen molar-refractivity contribution in [1.82, 2.24) is 0 Å². The van der Waals surface area contributed by atoms with E-state index in [9.17, 15) is 0 Å². The van der Waals surface area contributed by atoms with E-state index in [0.717, 1.165) is 11.1 Å². The van der Waals surface area contributed by atoms with Crippen molar-refractivity contribution < 1.29 is 4.74 Å². The minimum absolute atomic E-state index is 0.0511. The summed E-state index contributed by atoms with van der Waals surface area (Å²) in [7, 11) is 0. The summed E-state index contributed by atoms with van der Waals surface area (Å²) in [6, 6.07) is 7.70. The Bertz CT molecular complexity index is 478. The molecular weight excluding hydrogens is 210 g/mol. The molecule has 0 saturated heterocycles. The zero-order valence-corrected chi connectivity index (χ0v) is 10.5. The standard InChI is InChI=1S/C15H17NO/c1-5-12(6-2)13-7-8-14(10-16)15(9-13)17-11(3)4/h5-9,11H,1H2,2-4H3/b12-6+. The Kier molecular flexibility index (Phi) is 4.54. The highest BCUT2D eigenvalue weighted by molar-refractivity contribution is 5.74. The van der Waals surface area contributed by atoms with Gasteiger partial charge in [-0.1, -0.05) is 24.8 Å². The van der Waals surface area contributed by atoms with Crippen molar-refractivity contribution in [3.05, 3.63) is 48.1 Å². The van der Waals surface area contributed by atoms with Crippen molar-refractivity contribution in [3.8, 4) is 11.8 Å². The van der Waals surface area contributed by atoms with Gasteiger partial charge in [0.25, 0.3) is 0 Å². The van der Waals surface area contributed by atoms with Gasteiger partial charge in [0.15, 0.2) is 0 Å². The van der Waals surface area contributed by atoms with Crippen LogP contribution in [-0.2, 0) is 0 Å². The van der Waals surface area contributed by atoms with E-state index in [4.69, 9.17) is 10.00 Å². The van der Waals surface area contributed by atoms with Crippen LogP contribution in [0.15, 0.2) is 36.9 Å². The van der Waals surface area contributed by atoms with Crippen LogP contribution in [0.2, 0.25) is 0 Å². The maximum atomic E-state index is 9.01. The summed E-state index contributed by atoms with van der Waals surface area (Å²) >= 11 is 0. The number of hydrogen-bond acceptors (Lipinski definition) is 2. The Morgan fingerprint density at radius 2 is 2.18 bits per heavy atom. The van der Waals surface area contributed by atoms with Crippen LogP contribution in [0.1, 0.15) is 31.9 Å². The first-order valence-electron chi connectivity index (χ1n) is 5.62. The van der Waals surface area contributed by atoms with Gasteiger partial charge in [-0.15, -0.1) is 0 Å². The minimum Gasteiger partial charge on any atom is -0.490 e. The van der Waals surface area contributed by atoms with Crippen LogP contribution in [0.3, 0.4) is 0 Å². The Hall–Kier alpha value is -2.01. The first-order chi connectivity index (χ1) is 8.12. The summed E-state index contributed by atoms with van der Waals surface area (Å²) in [6.45, 7) is 9.61. The lowest BCUT2D eigenvalue weighted by molar-refractivity contribution is 0.241. The third-order valence-electron chi connectivity index (χ3n) is 2.33. The number of rotatable bonds is 4. The number of nitriles is 1. The topological polar surface area (TPSA) is 33.0 Å². The van der Waals surface area contributed by atoms with Gasteiger partial charge in [0.05, 0.1) is 11.7 Å². The van der Waals surface area contributed by atoms with Crippen LogP contribution in [0, 0.1) is 11.3 Å². The molecule has 0 aliphatic carbocycles. The molecule has 2 nitrogen and oxygen atoms in total. The molecule has 1 aromatic rings. The molecule has 0 atom stereocenters. The average molecular weight is 227 g/mol. The maximum Gasteiger partial charge on any atom is 0.138 e. The fourth-order valence-electron chi connectivity index (χ4n) is 1.55. The monoisotopic (exact) mass is 227 g/mol. The molecule has 88 valence electrons. The van der Waals surface area contributed by atoms with E-state index in [1.54, 1.807) is 12.1 Å². The maximum absolute atomic E-state index is 9.01. The fraction of sp³-hybridized carbons (Fsp3) is 0.267. The molecule has 0 aromatic heterocycles. The summed E-state index contributed by atoms with van der Waals surface area (Å²) in [5.74, 6) is 0.626. The van der Waals surface area contributed by atoms with E-state index < -0.39 is 0 Å². The lowest BCUT2D eigenvalue weighted by atomic mass is 10.0. The van der Waals surface area contributed by atoms with Crippen molar-refractivity contribution in [2.45, 2.75) is 26.9 Å². The van der Waals surface area contributed by atoms with Crippen molar-refractivity contribution in [3.63, 3.8) is 0 Å². The van der Waals surface area contributed by atoms with Gasteiger partial charge < -0.3 is 4.74 Å². The molecule has 0 aliphatic rings. The van der Waals surface area contributed by atoms with Crippen molar-refractivity contribution in [2.24, 2.45) is 0 Å². The van der Waals surface area contributed by atoms with E-state index in [1.807, 2.05) is 39.0 Å².